The van der Waals surface area contributed by atoms with Crippen LogP contribution in [0.15, 0.2) is 109 Å². The number of pyridine rings is 1. The quantitative estimate of drug-likeness (QED) is 0.176. The van der Waals surface area contributed by atoms with Crippen molar-refractivity contribution in [2.24, 2.45) is 6.98 Å². The Hall–Kier alpha value is -4.21. The molecule has 1 aliphatic heterocycles. The van der Waals surface area contributed by atoms with E-state index in [-0.39, 0.29) is 5.41 Å². The van der Waals surface area contributed by atoms with E-state index in [1.54, 1.807) is 0 Å². The Morgan fingerprint density at radius 2 is 1.66 bits per heavy atom. The van der Waals surface area contributed by atoms with Crippen molar-refractivity contribution in [2.45, 2.75) is 39.0 Å². The molecule has 0 spiro atoms. The summed E-state index contributed by atoms with van der Waals surface area (Å²) in [6.45, 7) is 5.22. The fourth-order valence-electron chi connectivity index (χ4n) is 5.99. The number of rotatable bonds is 5. The molecule has 4 aromatic carbocycles. The topological polar surface area (TPSA) is 35.2 Å². The number of imidazole rings is 1. The molecule has 224 valence electrons. The molecule has 0 saturated heterocycles. The minimum absolute atomic E-state index is 0.0123. The molecule has 2 aromatic heterocycles. The third kappa shape index (κ3) is 5.24. The van der Waals surface area contributed by atoms with Crippen LogP contribution in [0, 0.1) is 3.80 Å². The first kappa shape index (κ1) is 25.1. The van der Waals surface area contributed by atoms with E-state index < -0.39 is 6.98 Å². The van der Waals surface area contributed by atoms with Crippen molar-refractivity contribution in [2.75, 3.05) is 11.4 Å². The van der Waals surface area contributed by atoms with Crippen LogP contribution in [-0.2, 0) is 38.2 Å². The molecule has 0 aliphatic carbocycles. The molecule has 6 heteroatoms. The SMILES string of the molecule is [2H]C([2H])([2H])n1[c](=[Pt])n(-c2cccc(Oc3cc4c(cc3-c3ccccc3)CCCN4c3cc(C(C)(C)C)ccn3)c2)c2ccccc21. The molecule has 0 fully saturated rings. The third-order valence-corrected chi connectivity index (χ3v) is 9.30. The molecule has 1 aliphatic rings. The van der Waals surface area contributed by atoms with Gasteiger partial charge in [-0.1, -0.05) is 20.8 Å². The minimum atomic E-state index is -2.32. The van der Waals surface area contributed by atoms with E-state index in [1.165, 1.54) is 15.7 Å². The van der Waals surface area contributed by atoms with E-state index in [1.807, 2.05) is 77.5 Å². The van der Waals surface area contributed by atoms with Crippen LogP contribution in [0.25, 0.3) is 27.8 Å². The number of fused-ring (bicyclic) bond motifs is 2. The Labute approximate surface area is 274 Å². The molecule has 5 nitrogen and oxygen atoms in total. The van der Waals surface area contributed by atoms with E-state index >= 15 is 0 Å². The molecule has 0 bridgehead atoms. The number of ether oxygens (including phenoxy) is 1. The number of benzene rings is 4. The first-order chi connectivity index (χ1) is 22.5. The van der Waals surface area contributed by atoms with Crippen LogP contribution in [-0.4, -0.2) is 20.7 Å². The Morgan fingerprint density at radius 1 is 0.864 bits per heavy atom. The summed E-state index contributed by atoms with van der Waals surface area (Å²) in [5.74, 6) is 2.34. The van der Waals surface area contributed by atoms with Crippen molar-refractivity contribution >= 4 is 22.5 Å². The van der Waals surface area contributed by atoms with Crippen molar-refractivity contribution in [1.82, 2.24) is 14.1 Å². The van der Waals surface area contributed by atoms with Crippen LogP contribution in [0.4, 0.5) is 11.5 Å². The van der Waals surface area contributed by atoms with E-state index in [9.17, 15) is 0 Å². The molecule has 6 aromatic rings. The molecule has 0 unspecified atom stereocenters. The molecule has 0 atom stereocenters. The Bertz CT molecular complexity index is 2160. The van der Waals surface area contributed by atoms with Gasteiger partial charge in [0.2, 0.25) is 0 Å². The van der Waals surface area contributed by atoms with E-state index in [0.717, 1.165) is 59.0 Å². The van der Waals surface area contributed by atoms with Crippen LogP contribution in [0.1, 0.15) is 42.4 Å². The van der Waals surface area contributed by atoms with Gasteiger partial charge in [0.15, 0.2) is 0 Å². The number of aromatic nitrogens is 3. The summed E-state index contributed by atoms with van der Waals surface area (Å²) in [4.78, 5) is 7.12. The summed E-state index contributed by atoms with van der Waals surface area (Å²) < 4.78 is 35.4. The number of nitrogens with zero attached hydrogens (tertiary/aromatic N) is 4. The maximum absolute atomic E-state index is 8.21. The van der Waals surface area contributed by atoms with Crippen LogP contribution >= 0.6 is 0 Å². The molecular formula is C38H36N4OPt. The second-order valence-electron chi connectivity index (χ2n) is 12.3. The zero-order chi connectivity index (χ0) is 32.9. The second-order valence-corrected chi connectivity index (χ2v) is 13.3. The fourth-order valence-corrected chi connectivity index (χ4v) is 6.83. The summed E-state index contributed by atoms with van der Waals surface area (Å²) in [5.41, 5.74) is 8.00. The zero-order valence-corrected chi connectivity index (χ0v) is 27.3. The summed E-state index contributed by atoms with van der Waals surface area (Å²) in [5, 5.41) is 0. The van der Waals surface area contributed by atoms with E-state index in [2.05, 4.69) is 81.4 Å². The van der Waals surface area contributed by atoms with Crippen LogP contribution < -0.4 is 9.64 Å². The first-order valence-corrected chi connectivity index (χ1v) is 16.1. The predicted octanol–water partition coefficient (Wildman–Crippen LogP) is 9.28. The monoisotopic (exact) mass is 762 g/mol. The summed E-state index contributed by atoms with van der Waals surface area (Å²) in [6, 6.07) is 34.5. The van der Waals surface area contributed by atoms with Gasteiger partial charge in [-0.3, -0.25) is 0 Å². The molecule has 0 radical (unpaired) electrons. The fraction of sp³-hybridized carbons (Fsp3) is 0.211. The van der Waals surface area contributed by atoms with Gasteiger partial charge in [-0.15, -0.1) is 0 Å². The molecule has 0 amide bonds. The van der Waals surface area contributed by atoms with Crippen molar-refractivity contribution in [1.29, 1.82) is 0 Å². The molecule has 3 heterocycles. The number of hydrogen-bond donors (Lipinski definition) is 0. The maximum atomic E-state index is 8.21. The number of para-hydroxylation sites is 2. The predicted molar refractivity (Wildman–Crippen MR) is 176 cm³/mol. The van der Waals surface area contributed by atoms with Gasteiger partial charge in [-0.2, -0.15) is 0 Å². The third-order valence-electron chi connectivity index (χ3n) is 8.28. The van der Waals surface area contributed by atoms with Crippen LogP contribution in [0.2, 0.25) is 0 Å². The average Bonchev–Trinajstić information content (AvgIpc) is 3.36. The number of hydrogen-bond acceptors (Lipinski definition) is 3. The standard InChI is InChI=1S/C38H36N4O.Pt/c1-38(2,3)29-19-20-39-37(23-29)41-21-11-14-28-22-32(27-12-6-5-7-13-27)36(25-35(28)41)43-31-16-10-15-30(24-31)42-26-40(4)33-17-8-9-18-34(33)42;/h5-10,12-13,15-20,22-25H,11,14,21H2,1-4H3;/i4D3;. The van der Waals surface area contributed by atoms with Gasteiger partial charge in [-0.05, 0) is 17.0 Å². The van der Waals surface area contributed by atoms with Gasteiger partial charge in [0.1, 0.15) is 0 Å². The molecule has 7 rings (SSSR count). The van der Waals surface area contributed by atoms with Gasteiger partial charge in [-0.25, -0.2) is 0 Å². The van der Waals surface area contributed by atoms with Gasteiger partial charge < -0.3 is 0 Å². The van der Waals surface area contributed by atoms with Gasteiger partial charge >= 0.3 is 231 Å². The van der Waals surface area contributed by atoms with Crippen molar-refractivity contribution in [3.63, 3.8) is 0 Å². The van der Waals surface area contributed by atoms with Gasteiger partial charge in [0.25, 0.3) is 0 Å². The van der Waals surface area contributed by atoms with Crippen LogP contribution in [0.5, 0.6) is 11.5 Å². The molecule has 0 N–H and O–H groups in total. The zero-order valence-electron chi connectivity index (χ0n) is 28.0. The normalized spacial score (nSPS) is 14.6. The van der Waals surface area contributed by atoms with E-state index in [4.69, 9.17) is 13.8 Å². The van der Waals surface area contributed by atoms with Crippen LogP contribution in [0.3, 0.4) is 0 Å². The molecule has 44 heavy (non-hydrogen) atoms. The molecular weight excluding hydrogens is 724 g/mol. The number of anilines is 2. The van der Waals surface area contributed by atoms with Gasteiger partial charge in [0, 0.05) is 6.20 Å². The summed E-state index contributed by atoms with van der Waals surface area (Å²) in [7, 11) is 0. The summed E-state index contributed by atoms with van der Waals surface area (Å²) >= 11 is 2.10. The van der Waals surface area contributed by atoms with Crippen molar-refractivity contribution in [3.8, 4) is 28.3 Å². The Balaban J connectivity index is 1.35. The van der Waals surface area contributed by atoms with Crippen molar-refractivity contribution in [3.05, 3.63) is 124 Å². The Kier molecular flexibility index (Phi) is 6.50. The number of aryl methyl sites for hydroxylation is 2. The van der Waals surface area contributed by atoms with Gasteiger partial charge in [0.05, 0.1) is 0 Å². The Morgan fingerprint density at radius 3 is 2.45 bits per heavy atom. The molecule has 0 saturated carbocycles. The van der Waals surface area contributed by atoms with Crippen molar-refractivity contribution < 1.29 is 28.2 Å². The second kappa shape index (κ2) is 11.4. The average molecular weight is 763 g/mol. The van der Waals surface area contributed by atoms with E-state index in [0.29, 0.717) is 15.1 Å². The first-order valence-electron chi connectivity index (χ1n) is 16.4. The summed E-state index contributed by atoms with van der Waals surface area (Å²) in [6.07, 6.45) is 3.92.